The van der Waals surface area contributed by atoms with E-state index in [1.165, 1.54) is 18.2 Å². The number of hydrogen-bond donors (Lipinski definition) is 2. The highest BCUT2D eigenvalue weighted by Gasteiger charge is 2.14. The van der Waals surface area contributed by atoms with Gasteiger partial charge in [0.15, 0.2) is 5.69 Å². The maximum atomic E-state index is 12.3. The van der Waals surface area contributed by atoms with Crippen molar-refractivity contribution in [3.63, 3.8) is 0 Å². The van der Waals surface area contributed by atoms with Crippen molar-refractivity contribution in [1.82, 2.24) is 9.78 Å². The molecular formula is C11H9F2N3O2. The van der Waals surface area contributed by atoms with Crippen LogP contribution in [-0.2, 0) is 0 Å². The number of carbonyl (C=O) groups excluding carboxylic acids is 1. The van der Waals surface area contributed by atoms with E-state index in [9.17, 15) is 18.7 Å². The second kappa shape index (κ2) is 4.82. The van der Waals surface area contributed by atoms with E-state index in [1.807, 2.05) is 0 Å². The third-order valence-electron chi connectivity index (χ3n) is 2.19. The molecule has 0 aliphatic rings. The van der Waals surface area contributed by atoms with Crippen molar-refractivity contribution in [2.75, 3.05) is 5.32 Å². The molecule has 7 heteroatoms. The molecule has 1 heterocycles. The predicted octanol–water partition coefficient (Wildman–Crippen LogP) is 2.24. The van der Waals surface area contributed by atoms with Gasteiger partial charge in [-0.05, 0) is 18.2 Å². The number of phenols is 1. The Morgan fingerprint density at radius 3 is 2.67 bits per heavy atom. The molecule has 0 bridgehead atoms. The first-order chi connectivity index (χ1) is 8.58. The average Bonchev–Trinajstić information content (AvgIpc) is 2.81. The average molecular weight is 253 g/mol. The molecule has 0 spiro atoms. The summed E-state index contributed by atoms with van der Waals surface area (Å²) < 4.78 is 24.9. The number of halogens is 2. The zero-order chi connectivity index (χ0) is 13.1. The largest absolute Gasteiger partial charge is 0.506 e. The number of hydrogen-bond acceptors (Lipinski definition) is 3. The molecule has 0 saturated carbocycles. The van der Waals surface area contributed by atoms with Crippen molar-refractivity contribution in [2.24, 2.45) is 0 Å². The smallest absolute Gasteiger partial charge is 0.333 e. The summed E-state index contributed by atoms with van der Waals surface area (Å²) in [6, 6.07) is 7.26. The van der Waals surface area contributed by atoms with E-state index in [-0.39, 0.29) is 17.1 Å². The van der Waals surface area contributed by atoms with E-state index < -0.39 is 12.5 Å². The van der Waals surface area contributed by atoms with Crippen LogP contribution < -0.4 is 5.32 Å². The highest BCUT2D eigenvalue weighted by molar-refractivity contribution is 6.03. The number of anilines is 1. The van der Waals surface area contributed by atoms with E-state index in [0.29, 0.717) is 4.68 Å². The summed E-state index contributed by atoms with van der Waals surface area (Å²) in [4.78, 5) is 11.7. The number of aromatic hydroxyl groups is 1. The molecule has 0 atom stereocenters. The topological polar surface area (TPSA) is 67.2 Å². The Morgan fingerprint density at radius 2 is 2.06 bits per heavy atom. The number of rotatable bonds is 3. The van der Waals surface area contributed by atoms with Gasteiger partial charge in [0.1, 0.15) is 5.75 Å². The second-order valence-corrected chi connectivity index (χ2v) is 3.43. The number of nitrogens with zero attached hydrogens (tertiary/aromatic N) is 2. The lowest BCUT2D eigenvalue weighted by Crippen LogP contribution is -2.13. The van der Waals surface area contributed by atoms with Gasteiger partial charge < -0.3 is 10.4 Å². The van der Waals surface area contributed by atoms with Crippen LogP contribution in [0.4, 0.5) is 14.5 Å². The van der Waals surface area contributed by atoms with Gasteiger partial charge >= 0.3 is 6.55 Å². The Kier molecular flexibility index (Phi) is 3.22. The van der Waals surface area contributed by atoms with Gasteiger partial charge in [-0.1, -0.05) is 12.1 Å². The van der Waals surface area contributed by atoms with Gasteiger partial charge in [0.05, 0.1) is 5.69 Å². The molecule has 94 valence electrons. The Morgan fingerprint density at radius 1 is 1.33 bits per heavy atom. The molecule has 2 rings (SSSR count). The standard InChI is InChI=1S/C11H9F2N3O2/c12-11(13)16-6-5-8(15-16)10(18)14-7-3-1-2-4-9(7)17/h1-6,11,17H,(H,14,18). The van der Waals surface area contributed by atoms with Crippen LogP contribution in [0.25, 0.3) is 0 Å². The normalized spacial score (nSPS) is 10.6. The lowest BCUT2D eigenvalue weighted by molar-refractivity contribution is 0.0561. The highest BCUT2D eigenvalue weighted by atomic mass is 19.3. The molecule has 1 aromatic carbocycles. The molecule has 1 amide bonds. The monoisotopic (exact) mass is 253 g/mol. The number of amides is 1. The van der Waals surface area contributed by atoms with Crippen LogP contribution in [-0.4, -0.2) is 20.8 Å². The molecule has 1 aromatic heterocycles. The van der Waals surface area contributed by atoms with Crippen LogP contribution in [0.5, 0.6) is 5.75 Å². The molecule has 2 N–H and O–H groups in total. The Balaban J connectivity index is 2.15. The number of aromatic nitrogens is 2. The lowest BCUT2D eigenvalue weighted by Gasteiger charge is -2.04. The summed E-state index contributed by atoms with van der Waals surface area (Å²) >= 11 is 0. The van der Waals surface area contributed by atoms with Crippen molar-refractivity contribution in [1.29, 1.82) is 0 Å². The van der Waals surface area contributed by atoms with Crippen LogP contribution in [0.15, 0.2) is 36.5 Å². The molecule has 0 radical (unpaired) electrons. The van der Waals surface area contributed by atoms with Crippen molar-refractivity contribution in [2.45, 2.75) is 6.55 Å². The van der Waals surface area contributed by atoms with Crippen LogP contribution in [0.2, 0.25) is 0 Å². The Bertz CT molecular complexity index is 569. The number of phenolic OH excluding ortho intramolecular Hbond substituents is 1. The summed E-state index contributed by atoms with van der Waals surface area (Å²) in [5.41, 5.74) is 0.0349. The maximum Gasteiger partial charge on any atom is 0.333 e. The third-order valence-corrected chi connectivity index (χ3v) is 2.19. The van der Waals surface area contributed by atoms with Crippen molar-refractivity contribution in [3.05, 3.63) is 42.2 Å². The van der Waals surface area contributed by atoms with E-state index in [4.69, 9.17) is 0 Å². The number of para-hydroxylation sites is 2. The van der Waals surface area contributed by atoms with Gasteiger partial charge in [0, 0.05) is 6.20 Å². The summed E-state index contributed by atoms with van der Waals surface area (Å²) in [6.07, 6.45) is 1.00. The molecule has 18 heavy (non-hydrogen) atoms. The number of nitrogens with one attached hydrogen (secondary N) is 1. The van der Waals surface area contributed by atoms with Crippen LogP contribution in [0.3, 0.4) is 0 Å². The van der Waals surface area contributed by atoms with Crippen molar-refractivity contribution < 1.29 is 18.7 Å². The van der Waals surface area contributed by atoms with Crippen LogP contribution >= 0.6 is 0 Å². The zero-order valence-corrected chi connectivity index (χ0v) is 9.05. The van der Waals surface area contributed by atoms with Gasteiger partial charge in [0.25, 0.3) is 5.91 Å². The van der Waals surface area contributed by atoms with Crippen LogP contribution in [0.1, 0.15) is 17.0 Å². The third kappa shape index (κ3) is 2.45. The molecule has 2 aromatic rings. The minimum absolute atomic E-state index is 0.112. The molecule has 0 unspecified atom stereocenters. The van der Waals surface area contributed by atoms with Crippen molar-refractivity contribution >= 4 is 11.6 Å². The first-order valence-corrected chi connectivity index (χ1v) is 5.00. The fourth-order valence-electron chi connectivity index (χ4n) is 1.33. The molecule has 0 aliphatic carbocycles. The van der Waals surface area contributed by atoms with E-state index in [0.717, 1.165) is 6.20 Å². The fraction of sp³-hybridized carbons (Fsp3) is 0.0909. The molecule has 0 aliphatic heterocycles. The van der Waals surface area contributed by atoms with Gasteiger partial charge in [-0.25, -0.2) is 4.68 Å². The summed E-state index contributed by atoms with van der Waals surface area (Å²) in [6.45, 7) is -2.79. The number of carbonyl (C=O) groups is 1. The van der Waals surface area contributed by atoms with Gasteiger partial charge in [-0.15, -0.1) is 0 Å². The number of benzene rings is 1. The molecular weight excluding hydrogens is 244 g/mol. The van der Waals surface area contributed by atoms with E-state index in [2.05, 4.69) is 10.4 Å². The maximum absolute atomic E-state index is 12.3. The van der Waals surface area contributed by atoms with Gasteiger partial charge in [-0.3, -0.25) is 4.79 Å². The Labute approximate surface area is 101 Å². The van der Waals surface area contributed by atoms with Crippen molar-refractivity contribution in [3.8, 4) is 5.75 Å². The highest BCUT2D eigenvalue weighted by Crippen LogP contribution is 2.22. The first-order valence-electron chi connectivity index (χ1n) is 5.00. The van der Waals surface area contributed by atoms with E-state index >= 15 is 0 Å². The lowest BCUT2D eigenvalue weighted by atomic mass is 10.3. The summed E-state index contributed by atoms with van der Waals surface area (Å²) in [7, 11) is 0. The number of alkyl halides is 2. The summed E-state index contributed by atoms with van der Waals surface area (Å²) in [5, 5.41) is 15.2. The first kappa shape index (κ1) is 12.0. The van der Waals surface area contributed by atoms with E-state index in [1.54, 1.807) is 12.1 Å². The fourth-order valence-corrected chi connectivity index (χ4v) is 1.33. The van der Waals surface area contributed by atoms with Gasteiger partial charge in [0.2, 0.25) is 0 Å². The zero-order valence-electron chi connectivity index (χ0n) is 9.05. The van der Waals surface area contributed by atoms with Crippen LogP contribution in [0, 0.1) is 0 Å². The quantitative estimate of drug-likeness (QED) is 0.824. The SMILES string of the molecule is O=C(Nc1ccccc1O)c1ccn(C(F)F)n1. The Hall–Kier alpha value is -2.44. The molecule has 5 nitrogen and oxygen atoms in total. The van der Waals surface area contributed by atoms with Gasteiger partial charge in [-0.2, -0.15) is 13.9 Å². The molecule has 0 fully saturated rings. The summed E-state index contributed by atoms with van der Waals surface area (Å²) in [5.74, 6) is -0.782. The predicted molar refractivity (Wildman–Crippen MR) is 59.5 cm³/mol. The molecule has 0 saturated heterocycles. The minimum atomic E-state index is -2.79. The minimum Gasteiger partial charge on any atom is -0.506 e. The second-order valence-electron chi connectivity index (χ2n) is 3.43.